The molecule has 0 aliphatic heterocycles. The van der Waals surface area contributed by atoms with Gasteiger partial charge in [-0.25, -0.2) is 4.98 Å². The lowest BCUT2D eigenvalue weighted by molar-refractivity contribution is -0.137. The van der Waals surface area contributed by atoms with Crippen molar-refractivity contribution in [3.63, 3.8) is 0 Å². The highest BCUT2D eigenvalue weighted by Crippen LogP contribution is 2.33. The topological polar surface area (TPSA) is 79.3 Å². The minimum atomic E-state index is -4.46. The maximum Gasteiger partial charge on any atom is 0.416 e. The van der Waals surface area contributed by atoms with Crippen molar-refractivity contribution in [3.8, 4) is 10.6 Å². The largest absolute Gasteiger partial charge is 0.480 e. The number of aromatic nitrogens is 1. The Balaban J connectivity index is 2.21. The zero-order chi connectivity index (χ0) is 16.3. The van der Waals surface area contributed by atoms with Crippen LogP contribution in [0.3, 0.4) is 0 Å². The maximum absolute atomic E-state index is 12.7. The van der Waals surface area contributed by atoms with E-state index in [4.69, 9.17) is 5.11 Å². The summed E-state index contributed by atoms with van der Waals surface area (Å²) in [5.41, 5.74) is -0.618. The number of alkyl halides is 3. The van der Waals surface area contributed by atoms with Crippen LogP contribution in [0.1, 0.15) is 16.1 Å². The number of carbonyl (C=O) groups is 2. The van der Waals surface area contributed by atoms with E-state index in [0.717, 1.165) is 23.5 Å². The molecule has 0 aliphatic carbocycles. The lowest BCUT2D eigenvalue weighted by Crippen LogP contribution is -2.29. The lowest BCUT2D eigenvalue weighted by Gasteiger charge is -2.07. The SMILES string of the molecule is O=C(O)CNC(=O)c1csc(-c2cccc(C(F)(F)F)c2)n1. The molecule has 0 saturated carbocycles. The van der Waals surface area contributed by atoms with Gasteiger partial charge in [0.15, 0.2) is 0 Å². The highest BCUT2D eigenvalue weighted by Gasteiger charge is 2.30. The second kappa shape index (κ2) is 6.14. The molecule has 0 radical (unpaired) electrons. The first kappa shape index (κ1) is 16.0. The minimum absolute atomic E-state index is 0.0429. The van der Waals surface area contributed by atoms with Gasteiger partial charge in [-0.1, -0.05) is 12.1 Å². The van der Waals surface area contributed by atoms with Crippen molar-refractivity contribution < 1.29 is 27.9 Å². The third-order valence-electron chi connectivity index (χ3n) is 2.57. The summed E-state index contributed by atoms with van der Waals surface area (Å²) in [5, 5.41) is 12.2. The van der Waals surface area contributed by atoms with Crippen molar-refractivity contribution in [2.75, 3.05) is 6.54 Å². The van der Waals surface area contributed by atoms with E-state index < -0.39 is 30.2 Å². The number of carboxylic acid groups (broad SMARTS) is 1. The summed E-state index contributed by atoms with van der Waals surface area (Å²) in [5.74, 6) is -1.90. The number of aliphatic carboxylic acids is 1. The summed E-state index contributed by atoms with van der Waals surface area (Å²) in [4.78, 5) is 25.9. The van der Waals surface area contributed by atoms with Crippen LogP contribution >= 0.6 is 11.3 Å². The minimum Gasteiger partial charge on any atom is -0.480 e. The zero-order valence-corrected chi connectivity index (χ0v) is 11.7. The Morgan fingerprint density at radius 1 is 1.32 bits per heavy atom. The van der Waals surface area contributed by atoms with Crippen LogP contribution in [0.25, 0.3) is 10.6 Å². The fourth-order valence-corrected chi connectivity index (χ4v) is 2.38. The lowest BCUT2D eigenvalue weighted by atomic mass is 10.1. The summed E-state index contributed by atoms with van der Waals surface area (Å²) >= 11 is 0.998. The van der Waals surface area contributed by atoms with E-state index in [1.165, 1.54) is 17.5 Å². The van der Waals surface area contributed by atoms with Crippen molar-refractivity contribution in [1.82, 2.24) is 10.3 Å². The van der Waals surface area contributed by atoms with Gasteiger partial charge in [-0.2, -0.15) is 13.2 Å². The Bertz CT molecular complexity index is 713. The van der Waals surface area contributed by atoms with Crippen molar-refractivity contribution in [1.29, 1.82) is 0 Å². The van der Waals surface area contributed by atoms with Crippen LogP contribution in [0.2, 0.25) is 0 Å². The number of benzene rings is 1. The first-order chi connectivity index (χ1) is 10.3. The maximum atomic E-state index is 12.7. The summed E-state index contributed by atoms with van der Waals surface area (Å²) in [7, 11) is 0. The van der Waals surface area contributed by atoms with Crippen molar-refractivity contribution in [3.05, 3.63) is 40.9 Å². The Hall–Kier alpha value is -2.42. The number of hydrogen-bond acceptors (Lipinski definition) is 4. The molecule has 22 heavy (non-hydrogen) atoms. The van der Waals surface area contributed by atoms with Gasteiger partial charge in [-0.15, -0.1) is 11.3 Å². The number of halogens is 3. The van der Waals surface area contributed by atoms with E-state index >= 15 is 0 Å². The standard InChI is InChI=1S/C13H9F3N2O3S/c14-13(15,16)8-3-1-2-7(4-8)12-18-9(6-22-12)11(21)17-5-10(19)20/h1-4,6H,5H2,(H,17,21)(H,19,20). The molecule has 0 bridgehead atoms. The first-order valence-corrected chi connectivity index (χ1v) is 6.78. The van der Waals surface area contributed by atoms with Crippen LogP contribution in [0.5, 0.6) is 0 Å². The van der Waals surface area contributed by atoms with Gasteiger partial charge < -0.3 is 10.4 Å². The van der Waals surface area contributed by atoms with E-state index in [0.29, 0.717) is 0 Å². The van der Waals surface area contributed by atoms with Crippen molar-refractivity contribution in [2.24, 2.45) is 0 Å². The molecule has 0 fully saturated rings. The second-order valence-corrected chi connectivity index (χ2v) is 5.05. The third-order valence-corrected chi connectivity index (χ3v) is 3.47. The Labute approximate surface area is 126 Å². The molecule has 2 N–H and O–H groups in total. The Morgan fingerprint density at radius 3 is 2.68 bits per heavy atom. The van der Waals surface area contributed by atoms with Gasteiger partial charge in [-0.3, -0.25) is 9.59 Å². The fourth-order valence-electron chi connectivity index (χ4n) is 1.59. The van der Waals surface area contributed by atoms with Gasteiger partial charge in [0.25, 0.3) is 5.91 Å². The number of thiazole rings is 1. The fraction of sp³-hybridized carbons (Fsp3) is 0.154. The van der Waals surface area contributed by atoms with E-state index in [-0.39, 0.29) is 16.3 Å². The summed E-state index contributed by atoms with van der Waals surface area (Å²) in [6.07, 6.45) is -4.46. The van der Waals surface area contributed by atoms with Crippen LogP contribution in [0.15, 0.2) is 29.6 Å². The van der Waals surface area contributed by atoms with Crippen LogP contribution in [-0.2, 0) is 11.0 Å². The molecule has 1 heterocycles. The van der Waals surface area contributed by atoms with Gasteiger partial charge in [-0.05, 0) is 12.1 Å². The smallest absolute Gasteiger partial charge is 0.416 e. The van der Waals surface area contributed by atoms with Gasteiger partial charge in [0, 0.05) is 10.9 Å². The number of amides is 1. The average molecular weight is 330 g/mol. The molecule has 5 nitrogen and oxygen atoms in total. The Kier molecular flexibility index (Phi) is 4.45. The molecule has 0 atom stereocenters. The monoisotopic (exact) mass is 330 g/mol. The predicted octanol–water partition coefficient (Wildman–Crippen LogP) is 2.64. The summed E-state index contributed by atoms with van der Waals surface area (Å²) < 4.78 is 38.0. The molecule has 116 valence electrons. The number of nitrogens with one attached hydrogen (secondary N) is 1. The molecular weight excluding hydrogens is 321 g/mol. The molecule has 0 unspecified atom stereocenters. The quantitative estimate of drug-likeness (QED) is 0.903. The van der Waals surface area contributed by atoms with Crippen LogP contribution in [0.4, 0.5) is 13.2 Å². The molecular formula is C13H9F3N2O3S. The number of carbonyl (C=O) groups excluding carboxylic acids is 1. The summed E-state index contributed by atoms with van der Waals surface area (Å²) in [6.45, 7) is -0.560. The molecule has 1 aromatic carbocycles. The molecule has 1 amide bonds. The highest BCUT2D eigenvalue weighted by atomic mass is 32.1. The normalized spacial score (nSPS) is 11.2. The number of rotatable bonds is 4. The average Bonchev–Trinajstić information content (AvgIpc) is 2.94. The van der Waals surface area contributed by atoms with Gasteiger partial charge in [0.2, 0.25) is 0 Å². The molecule has 0 saturated heterocycles. The van der Waals surface area contributed by atoms with E-state index in [9.17, 15) is 22.8 Å². The molecule has 1 aromatic heterocycles. The number of carboxylic acids is 1. The summed E-state index contributed by atoms with van der Waals surface area (Å²) in [6, 6.07) is 4.59. The molecule has 9 heteroatoms. The van der Waals surface area contributed by atoms with E-state index in [2.05, 4.69) is 10.3 Å². The van der Waals surface area contributed by atoms with Crippen LogP contribution in [0, 0.1) is 0 Å². The predicted molar refractivity (Wildman–Crippen MR) is 72.5 cm³/mol. The van der Waals surface area contributed by atoms with E-state index in [1.807, 2.05) is 0 Å². The van der Waals surface area contributed by atoms with E-state index in [1.54, 1.807) is 0 Å². The zero-order valence-electron chi connectivity index (χ0n) is 10.8. The van der Waals surface area contributed by atoms with Gasteiger partial charge >= 0.3 is 12.1 Å². The molecule has 0 aliphatic rings. The van der Waals surface area contributed by atoms with Crippen LogP contribution in [-0.4, -0.2) is 28.5 Å². The molecule has 0 spiro atoms. The third kappa shape index (κ3) is 3.82. The molecule has 2 aromatic rings. The number of nitrogens with zero attached hydrogens (tertiary/aromatic N) is 1. The van der Waals surface area contributed by atoms with Crippen molar-refractivity contribution >= 4 is 23.2 Å². The van der Waals surface area contributed by atoms with Crippen molar-refractivity contribution in [2.45, 2.75) is 6.18 Å². The van der Waals surface area contributed by atoms with Gasteiger partial charge in [0.05, 0.1) is 5.56 Å². The van der Waals surface area contributed by atoms with Gasteiger partial charge in [0.1, 0.15) is 17.2 Å². The highest BCUT2D eigenvalue weighted by molar-refractivity contribution is 7.13. The second-order valence-electron chi connectivity index (χ2n) is 4.19. The molecule has 2 rings (SSSR count). The first-order valence-electron chi connectivity index (χ1n) is 5.90. The van der Waals surface area contributed by atoms with Crippen LogP contribution < -0.4 is 5.32 Å². The number of hydrogen-bond donors (Lipinski definition) is 2. The Morgan fingerprint density at radius 2 is 2.05 bits per heavy atom.